The second kappa shape index (κ2) is 5.30. The maximum absolute atomic E-state index is 11.3. The lowest BCUT2D eigenvalue weighted by Crippen LogP contribution is -2.30. The van der Waals surface area contributed by atoms with E-state index in [0.717, 1.165) is 12.0 Å². The number of pyridine rings is 1. The summed E-state index contributed by atoms with van der Waals surface area (Å²) in [6.07, 6.45) is 5.10. The van der Waals surface area contributed by atoms with Gasteiger partial charge in [0.25, 0.3) is 0 Å². The minimum absolute atomic E-state index is 0.442. The van der Waals surface area contributed by atoms with Crippen molar-refractivity contribution < 1.29 is 9.90 Å². The molecule has 16 heavy (non-hydrogen) atoms. The van der Waals surface area contributed by atoms with Crippen molar-refractivity contribution in [2.24, 2.45) is 5.41 Å². The average molecular weight is 242 g/mol. The minimum atomic E-state index is -0.776. The average Bonchev–Trinajstić information content (AvgIpc) is 2.21. The van der Waals surface area contributed by atoms with Crippen molar-refractivity contribution in [3.05, 3.63) is 29.0 Å². The van der Waals surface area contributed by atoms with Crippen molar-refractivity contribution in [2.45, 2.75) is 33.1 Å². The number of aliphatic carboxylic acids is 1. The van der Waals surface area contributed by atoms with Gasteiger partial charge in [-0.25, -0.2) is 0 Å². The van der Waals surface area contributed by atoms with Crippen LogP contribution in [-0.4, -0.2) is 16.1 Å². The molecular formula is C12H16ClNO2. The number of halogens is 1. The van der Waals surface area contributed by atoms with Crippen LogP contribution in [0, 0.1) is 5.41 Å². The lowest BCUT2D eigenvalue weighted by Gasteiger charge is -2.24. The fourth-order valence-corrected chi connectivity index (χ4v) is 1.98. The van der Waals surface area contributed by atoms with E-state index in [0.29, 0.717) is 17.9 Å². The maximum atomic E-state index is 11.3. The summed E-state index contributed by atoms with van der Waals surface area (Å²) in [5.74, 6) is -0.776. The van der Waals surface area contributed by atoms with E-state index in [9.17, 15) is 9.90 Å². The maximum Gasteiger partial charge on any atom is 0.309 e. The Hall–Kier alpha value is -1.09. The van der Waals surface area contributed by atoms with Crippen LogP contribution in [0.4, 0.5) is 0 Å². The molecule has 1 aromatic rings. The molecule has 1 rings (SSSR count). The van der Waals surface area contributed by atoms with Gasteiger partial charge in [-0.1, -0.05) is 24.9 Å². The van der Waals surface area contributed by atoms with Gasteiger partial charge >= 0.3 is 5.97 Å². The standard InChI is InChI=1S/C12H16ClNO2/c1-3-5-12(2,11(15)16)7-9-4-6-14-8-10(9)13/h4,6,8H,3,5,7H2,1-2H3,(H,15,16). The molecular weight excluding hydrogens is 226 g/mol. The quantitative estimate of drug-likeness (QED) is 0.862. The van der Waals surface area contributed by atoms with Crippen molar-refractivity contribution in [1.29, 1.82) is 0 Å². The lowest BCUT2D eigenvalue weighted by molar-refractivity contribution is -0.148. The normalized spacial score (nSPS) is 14.4. The Balaban J connectivity index is 2.92. The van der Waals surface area contributed by atoms with Gasteiger partial charge in [-0.3, -0.25) is 9.78 Å². The van der Waals surface area contributed by atoms with Crippen LogP contribution < -0.4 is 0 Å². The number of hydrogen-bond donors (Lipinski definition) is 1. The zero-order valence-corrected chi connectivity index (χ0v) is 10.3. The van der Waals surface area contributed by atoms with E-state index in [1.165, 1.54) is 0 Å². The van der Waals surface area contributed by atoms with Gasteiger partial charge < -0.3 is 5.11 Å². The van der Waals surface area contributed by atoms with Crippen LogP contribution in [0.25, 0.3) is 0 Å². The molecule has 0 aromatic carbocycles. The molecule has 0 fully saturated rings. The molecule has 1 atom stereocenters. The highest BCUT2D eigenvalue weighted by atomic mass is 35.5. The molecule has 0 aliphatic carbocycles. The predicted octanol–water partition coefficient (Wildman–Crippen LogP) is 3.17. The van der Waals surface area contributed by atoms with Gasteiger partial charge in [-0.2, -0.15) is 0 Å². The first-order valence-corrected chi connectivity index (χ1v) is 5.69. The number of rotatable bonds is 5. The number of carboxylic acid groups (broad SMARTS) is 1. The van der Waals surface area contributed by atoms with Crippen LogP contribution in [0.1, 0.15) is 32.3 Å². The summed E-state index contributed by atoms with van der Waals surface area (Å²) in [4.78, 5) is 15.2. The summed E-state index contributed by atoms with van der Waals surface area (Å²) in [6, 6.07) is 1.78. The van der Waals surface area contributed by atoms with Gasteiger partial charge in [0.2, 0.25) is 0 Å². The molecule has 0 amide bonds. The molecule has 0 aliphatic heterocycles. The predicted molar refractivity (Wildman–Crippen MR) is 63.6 cm³/mol. The third-order valence-electron chi connectivity index (χ3n) is 2.76. The number of carboxylic acids is 1. The fourth-order valence-electron chi connectivity index (χ4n) is 1.79. The molecule has 4 heteroatoms. The van der Waals surface area contributed by atoms with E-state index in [4.69, 9.17) is 11.6 Å². The number of carbonyl (C=O) groups is 1. The molecule has 0 radical (unpaired) electrons. The van der Waals surface area contributed by atoms with E-state index in [-0.39, 0.29) is 0 Å². The van der Waals surface area contributed by atoms with E-state index < -0.39 is 11.4 Å². The van der Waals surface area contributed by atoms with Crippen molar-refractivity contribution in [2.75, 3.05) is 0 Å². The number of aromatic nitrogens is 1. The van der Waals surface area contributed by atoms with Crippen LogP contribution in [-0.2, 0) is 11.2 Å². The first-order valence-electron chi connectivity index (χ1n) is 5.31. The molecule has 0 spiro atoms. The molecule has 0 bridgehead atoms. The van der Waals surface area contributed by atoms with Crippen molar-refractivity contribution >= 4 is 17.6 Å². The Labute approximate surface area is 100 Å². The van der Waals surface area contributed by atoms with Gasteiger partial charge in [0.1, 0.15) is 0 Å². The van der Waals surface area contributed by atoms with Crippen LogP contribution in [0.3, 0.4) is 0 Å². The van der Waals surface area contributed by atoms with Crippen LogP contribution >= 0.6 is 11.6 Å². The third-order valence-corrected chi connectivity index (χ3v) is 3.10. The molecule has 0 aliphatic rings. The lowest BCUT2D eigenvalue weighted by atomic mass is 9.80. The summed E-state index contributed by atoms with van der Waals surface area (Å²) >= 11 is 5.98. The Morgan fingerprint density at radius 2 is 2.31 bits per heavy atom. The van der Waals surface area contributed by atoms with E-state index in [1.807, 2.05) is 6.92 Å². The van der Waals surface area contributed by atoms with Crippen molar-refractivity contribution in [3.63, 3.8) is 0 Å². The topological polar surface area (TPSA) is 50.2 Å². The SMILES string of the molecule is CCCC(C)(Cc1ccncc1Cl)C(=O)O. The second-order valence-electron chi connectivity index (χ2n) is 4.26. The van der Waals surface area contributed by atoms with Gasteiger partial charge in [-0.15, -0.1) is 0 Å². The van der Waals surface area contributed by atoms with Crippen LogP contribution in [0.2, 0.25) is 5.02 Å². The highest BCUT2D eigenvalue weighted by molar-refractivity contribution is 6.31. The van der Waals surface area contributed by atoms with Crippen LogP contribution in [0.5, 0.6) is 0 Å². The Bertz CT molecular complexity index is 381. The smallest absolute Gasteiger partial charge is 0.309 e. The van der Waals surface area contributed by atoms with E-state index in [2.05, 4.69) is 4.98 Å². The molecule has 0 saturated heterocycles. The molecule has 1 heterocycles. The van der Waals surface area contributed by atoms with Gasteiger partial charge in [0.05, 0.1) is 10.4 Å². The Morgan fingerprint density at radius 1 is 1.62 bits per heavy atom. The Kier molecular flexibility index (Phi) is 4.30. The molecule has 3 nitrogen and oxygen atoms in total. The monoisotopic (exact) mass is 241 g/mol. The zero-order valence-electron chi connectivity index (χ0n) is 9.53. The summed E-state index contributed by atoms with van der Waals surface area (Å²) in [5, 5.41) is 9.79. The molecule has 0 saturated carbocycles. The molecule has 1 aromatic heterocycles. The van der Waals surface area contributed by atoms with Crippen molar-refractivity contribution in [3.8, 4) is 0 Å². The van der Waals surface area contributed by atoms with Gasteiger partial charge in [-0.05, 0) is 31.4 Å². The second-order valence-corrected chi connectivity index (χ2v) is 4.67. The summed E-state index contributed by atoms with van der Waals surface area (Å²) < 4.78 is 0. The summed E-state index contributed by atoms with van der Waals surface area (Å²) in [7, 11) is 0. The van der Waals surface area contributed by atoms with E-state index in [1.54, 1.807) is 25.4 Å². The molecule has 88 valence electrons. The number of hydrogen-bond acceptors (Lipinski definition) is 2. The minimum Gasteiger partial charge on any atom is -0.481 e. The summed E-state index contributed by atoms with van der Waals surface area (Å²) in [6.45, 7) is 3.74. The van der Waals surface area contributed by atoms with Gasteiger partial charge in [0, 0.05) is 12.4 Å². The van der Waals surface area contributed by atoms with E-state index >= 15 is 0 Å². The van der Waals surface area contributed by atoms with Crippen LogP contribution in [0.15, 0.2) is 18.5 Å². The van der Waals surface area contributed by atoms with Gasteiger partial charge in [0.15, 0.2) is 0 Å². The zero-order chi connectivity index (χ0) is 12.2. The number of nitrogens with zero attached hydrogens (tertiary/aromatic N) is 1. The first kappa shape index (κ1) is 13.0. The molecule has 1 unspecified atom stereocenters. The highest BCUT2D eigenvalue weighted by Gasteiger charge is 2.32. The van der Waals surface area contributed by atoms with Crippen molar-refractivity contribution in [1.82, 2.24) is 4.98 Å². The first-order chi connectivity index (χ1) is 7.49. The highest BCUT2D eigenvalue weighted by Crippen LogP contribution is 2.30. The Morgan fingerprint density at radius 3 is 2.81 bits per heavy atom. The summed E-state index contributed by atoms with van der Waals surface area (Å²) in [5.41, 5.74) is 0.0924. The molecule has 1 N–H and O–H groups in total. The largest absolute Gasteiger partial charge is 0.481 e. The third kappa shape index (κ3) is 2.95. The fraction of sp³-hybridized carbons (Fsp3) is 0.500.